The molecule has 4 rings (SSSR count). The van der Waals surface area contributed by atoms with Gasteiger partial charge in [0.05, 0.1) is 0 Å². The molecule has 0 saturated heterocycles. The Hall–Kier alpha value is -0.0400. The first-order valence-corrected chi connectivity index (χ1v) is 12.4. The van der Waals surface area contributed by atoms with Crippen molar-refractivity contribution >= 4 is 0 Å². The zero-order valence-corrected chi connectivity index (χ0v) is 19.3. The quantitative estimate of drug-likeness (QED) is 0.486. The first-order valence-electron chi connectivity index (χ1n) is 12.4. The van der Waals surface area contributed by atoms with Crippen LogP contribution in [0.4, 0.5) is 0 Å². The highest BCUT2D eigenvalue weighted by Gasteiger charge is 2.58. The average molecular weight is 379 g/mol. The molecular weight excluding hydrogens is 328 g/mol. The smallest absolute Gasteiger partial charge is 0.0351 e. The van der Waals surface area contributed by atoms with Crippen LogP contribution in [-0.4, -0.2) is 14.2 Å². The lowest BCUT2D eigenvalue weighted by Crippen LogP contribution is -2.49. The Bertz CT molecular complexity index is 463. The monoisotopic (exact) mass is 378 g/mol. The van der Waals surface area contributed by atoms with Gasteiger partial charge in [0.25, 0.3) is 0 Å². The maximum Gasteiger partial charge on any atom is 0.0351 e. The molecule has 4 aliphatic carbocycles. The van der Waals surface area contributed by atoms with E-state index in [0.29, 0.717) is 0 Å². The van der Waals surface area contributed by atoms with Crippen molar-refractivity contribution in [2.75, 3.05) is 14.2 Å². The third-order valence-corrected chi connectivity index (χ3v) is 9.39. The van der Waals surface area contributed by atoms with E-state index in [9.17, 15) is 0 Å². The summed E-state index contributed by atoms with van der Waals surface area (Å²) in [6.07, 6.45) is 17.2. The fourth-order valence-electron chi connectivity index (χ4n) is 8.80. The second kappa shape index (κ2) is 9.19. The van der Waals surface area contributed by atoms with Crippen molar-refractivity contribution in [3.63, 3.8) is 0 Å². The molecule has 7 unspecified atom stereocenters. The van der Waals surface area contributed by atoms with Crippen molar-refractivity contribution in [3.05, 3.63) is 0 Å². The highest BCUT2D eigenvalue weighted by atomic mass is 16.4. The minimum Gasteiger partial charge on any atom is -0.388 e. The van der Waals surface area contributed by atoms with Crippen LogP contribution in [0.5, 0.6) is 0 Å². The molecule has 0 heterocycles. The van der Waals surface area contributed by atoms with Crippen molar-refractivity contribution in [2.45, 2.75) is 98.3 Å². The van der Waals surface area contributed by atoms with E-state index in [2.05, 4.69) is 32.4 Å². The molecule has 0 aliphatic heterocycles. The largest absolute Gasteiger partial charge is 0.388 e. The predicted molar refractivity (Wildman–Crippen MR) is 119 cm³/mol. The Morgan fingerprint density at radius 3 is 2.30 bits per heavy atom. The minimum absolute atomic E-state index is 0. The number of methoxy groups -OCH3 is 1. The Kier molecular flexibility index (Phi) is 7.37. The standard InChI is InChI=1S/C24H42.C2H6O.H2/c1-5-19-8-11-23-22-10-7-18-14-17(4)6-9-20(18)21(22)12-13-24(19,23)15-16(2)3;1-3-2;/h16-23H,5-15H2,1-4H3;1-2H3;1H/t17-,18?,19?,20?,21?,22?,23?,24?;;/m1../s1. The summed E-state index contributed by atoms with van der Waals surface area (Å²) >= 11 is 0. The van der Waals surface area contributed by atoms with E-state index < -0.39 is 0 Å². The Morgan fingerprint density at radius 1 is 0.926 bits per heavy atom. The van der Waals surface area contributed by atoms with E-state index in [-0.39, 0.29) is 1.43 Å². The van der Waals surface area contributed by atoms with E-state index in [1.54, 1.807) is 65.6 Å². The molecule has 160 valence electrons. The Morgan fingerprint density at radius 2 is 1.63 bits per heavy atom. The van der Waals surface area contributed by atoms with Gasteiger partial charge in [0.1, 0.15) is 0 Å². The zero-order chi connectivity index (χ0) is 19.6. The molecule has 0 bridgehead atoms. The van der Waals surface area contributed by atoms with Crippen LogP contribution in [0.25, 0.3) is 0 Å². The van der Waals surface area contributed by atoms with Crippen molar-refractivity contribution < 1.29 is 6.16 Å². The third-order valence-electron chi connectivity index (χ3n) is 9.39. The molecule has 27 heavy (non-hydrogen) atoms. The Balaban J connectivity index is 0.000000660. The minimum atomic E-state index is 0. The first kappa shape index (κ1) is 21.7. The fourth-order valence-corrected chi connectivity index (χ4v) is 8.80. The summed E-state index contributed by atoms with van der Waals surface area (Å²) < 4.78 is 4.25. The van der Waals surface area contributed by atoms with Gasteiger partial charge in [-0.05, 0) is 111 Å². The topological polar surface area (TPSA) is 9.23 Å². The van der Waals surface area contributed by atoms with Crippen LogP contribution in [-0.2, 0) is 4.74 Å². The molecule has 0 aromatic carbocycles. The van der Waals surface area contributed by atoms with Crippen LogP contribution in [0.2, 0.25) is 0 Å². The maximum absolute atomic E-state index is 4.25. The number of rotatable bonds is 3. The van der Waals surface area contributed by atoms with Gasteiger partial charge in [-0.1, -0.05) is 40.5 Å². The molecule has 4 aliphatic rings. The molecule has 1 nitrogen and oxygen atoms in total. The number of hydrogen-bond acceptors (Lipinski definition) is 1. The summed E-state index contributed by atoms with van der Waals surface area (Å²) in [5, 5.41) is 0. The first-order chi connectivity index (χ1) is 13.0. The van der Waals surface area contributed by atoms with Gasteiger partial charge in [-0.2, -0.15) is 0 Å². The lowest BCUT2D eigenvalue weighted by molar-refractivity contribution is -0.0824. The van der Waals surface area contributed by atoms with Crippen molar-refractivity contribution in [1.29, 1.82) is 0 Å². The highest BCUT2D eigenvalue weighted by Crippen LogP contribution is 2.66. The Labute approximate surface area is 171 Å². The summed E-state index contributed by atoms with van der Waals surface area (Å²) in [5.74, 6) is 8.53. The molecule has 8 atom stereocenters. The third kappa shape index (κ3) is 4.15. The van der Waals surface area contributed by atoms with Gasteiger partial charge >= 0.3 is 0 Å². The lowest BCUT2D eigenvalue weighted by Gasteiger charge is -2.57. The van der Waals surface area contributed by atoms with E-state index >= 15 is 0 Å². The van der Waals surface area contributed by atoms with Gasteiger partial charge < -0.3 is 4.74 Å². The molecule has 0 aromatic heterocycles. The van der Waals surface area contributed by atoms with Crippen molar-refractivity contribution in [1.82, 2.24) is 0 Å². The molecular formula is C26H50O. The van der Waals surface area contributed by atoms with Gasteiger partial charge in [0, 0.05) is 15.6 Å². The molecule has 0 spiro atoms. The molecule has 4 fully saturated rings. The van der Waals surface area contributed by atoms with Gasteiger partial charge in [-0.25, -0.2) is 0 Å². The van der Waals surface area contributed by atoms with Gasteiger partial charge in [0.15, 0.2) is 0 Å². The molecule has 4 saturated carbocycles. The number of hydrogen-bond donors (Lipinski definition) is 0. The van der Waals surface area contributed by atoms with E-state index in [1.807, 2.05) is 0 Å². The van der Waals surface area contributed by atoms with Crippen LogP contribution in [0.1, 0.15) is 99.8 Å². The molecule has 0 N–H and O–H groups in total. The maximum atomic E-state index is 4.25. The average Bonchev–Trinajstić information content (AvgIpc) is 2.99. The predicted octanol–water partition coefficient (Wildman–Crippen LogP) is 7.84. The van der Waals surface area contributed by atoms with Crippen LogP contribution in [0.15, 0.2) is 0 Å². The van der Waals surface area contributed by atoms with Crippen LogP contribution in [0, 0.1) is 52.8 Å². The van der Waals surface area contributed by atoms with Gasteiger partial charge in [-0.3, -0.25) is 0 Å². The van der Waals surface area contributed by atoms with E-state index in [4.69, 9.17) is 0 Å². The highest BCUT2D eigenvalue weighted by molar-refractivity contribution is 5.07. The summed E-state index contributed by atoms with van der Waals surface area (Å²) in [7, 11) is 3.25. The molecule has 1 heteroatoms. The van der Waals surface area contributed by atoms with E-state index in [0.717, 1.165) is 52.8 Å². The van der Waals surface area contributed by atoms with Gasteiger partial charge in [0.2, 0.25) is 0 Å². The normalized spacial score (nSPS) is 46.1. The summed E-state index contributed by atoms with van der Waals surface area (Å²) in [4.78, 5) is 0. The molecule has 0 aromatic rings. The molecule has 0 radical (unpaired) electrons. The van der Waals surface area contributed by atoms with Gasteiger partial charge in [-0.15, -0.1) is 0 Å². The number of ether oxygens (including phenoxy) is 1. The van der Waals surface area contributed by atoms with E-state index in [1.165, 1.54) is 19.3 Å². The summed E-state index contributed by atoms with van der Waals surface area (Å²) in [6.45, 7) is 9.98. The second-order valence-electron chi connectivity index (χ2n) is 11.3. The van der Waals surface area contributed by atoms with Crippen molar-refractivity contribution in [3.8, 4) is 0 Å². The van der Waals surface area contributed by atoms with Crippen LogP contribution in [0.3, 0.4) is 0 Å². The lowest BCUT2D eigenvalue weighted by atomic mass is 9.47. The second-order valence-corrected chi connectivity index (χ2v) is 11.3. The van der Waals surface area contributed by atoms with Crippen LogP contribution >= 0.6 is 0 Å². The van der Waals surface area contributed by atoms with Crippen molar-refractivity contribution in [2.24, 2.45) is 52.8 Å². The SMILES string of the molecule is CCC1CCC2C3CCC4C[C@H](C)CCC4C3CCC12CC(C)C.COC.[HH]. The zero-order valence-electron chi connectivity index (χ0n) is 19.3. The fraction of sp³-hybridized carbons (Fsp3) is 1.00. The number of fused-ring (bicyclic) bond motifs is 5. The molecule has 0 amide bonds. The van der Waals surface area contributed by atoms with Crippen LogP contribution < -0.4 is 0 Å². The summed E-state index contributed by atoms with van der Waals surface area (Å²) in [6, 6.07) is 0. The summed E-state index contributed by atoms with van der Waals surface area (Å²) in [5.41, 5.74) is 0.749.